The van der Waals surface area contributed by atoms with Crippen molar-refractivity contribution >= 4 is 23.2 Å². The van der Waals surface area contributed by atoms with Crippen LogP contribution >= 0.6 is 0 Å². The van der Waals surface area contributed by atoms with Crippen molar-refractivity contribution in [1.29, 1.82) is 0 Å². The zero-order chi connectivity index (χ0) is 18.0. The first-order chi connectivity index (χ1) is 12.0. The van der Waals surface area contributed by atoms with Crippen LogP contribution in [-0.2, 0) is 4.79 Å². The summed E-state index contributed by atoms with van der Waals surface area (Å²) in [4.78, 5) is 26.0. The molecule has 1 unspecified atom stereocenters. The van der Waals surface area contributed by atoms with Crippen LogP contribution in [0.5, 0.6) is 11.5 Å². The second kappa shape index (κ2) is 6.84. The van der Waals surface area contributed by atoms with Crippen LogP contribution < -0.4 is 19.7 Å². The summed E-state index contributed by atoms with van der Waals surface area (Å²) in [7, 11) is 1.69. The summed E-state index contributed by atoms with van der Waals surface area (Å²) in [6, 6.07) is 12.2. The Morgan fingerprint density at radius 1 is 1.24 bits per heavy atom. The number of nitrogens with one attached hydrogen (secondary N) is 1. The third kappa shape index (κ3) is 3.42. The lowest BCUT2D eigenvalue weighted by Crippen LogP contribution is -2.41. The minimum absolute atomic E-state index is 0.123. The molecule has 0 spiro atoms. The Bertz CT molecular complexity index is 802. The van der Waals surface area contributed by atoms with E-state index < -0.39 is 6.10 Å². The van der Waals surface area contributed by atoms with Gasteiger partial charge in [-0.1, -0.05) is 0 Å². The van der Waals surface area contributed by atoms with E-state index >= 15 is 0 Å². The molecule has 1 aliphatic heterocycles. The third-order valence-corrected chi connectivity index (χ3v) is 3.99. The van der Waals surface area contributed by atoms with Gasteiger partial charge < -0.3 is 19.7 Å². The van der Waals surface area contributed by atoms with E-state index in [2.05, 4.69) is 5.32 Å². The third-order valence-electron chi connectivity index (χ3n) is 3.99. The van der Waals surface area contributed by atoms with E-state index in [-0.39, 0.29) is 11.8 Å². The van der Waals surface area contributed by atoms with Gasteiger partial charge in [0, 0.05) is 18.3 Å². The summed E-state index contributed by atoms with van der Waals surface area (Å²) in [5.41, 5.74) is 1.75. The monoisotopic (exact) mass is 340 g/mol. The Balaban J connectivity index is 1.77. The summed E-state index contributed by atoms with van der Waals surface area (Å²) in [5, 5.41) is 2.83. The molecule has 1 heterocycles. The lowest BCUT2D eigenvalue weighted by Gasteiger charge is -2.30. The van der Waals surface area contributed by atoms with Gasteiger partial charge in [-0.3, -0.25) is 9.59 Å². The van der Waals surface area contributed by atoms with E-state index in [9.17, 15) is 9.59 Å². The number of amides is 2. The van der Waals surface area contributed by atoms with E-state index in [1.807, 2.05) is 6.92 Å². The average molecular weight is 340 g/mol. The summed E-state index contributed by atoms with van der Waals surface area (Å²) < 4.78 is 10.9. The second-order valence-corrected chi connectivity index (χ2v) is 5.75. The number of carbonyl (C=O) groups excluding carboxylic acids is 2. The minimum Gasteiger partial charge on any atom is -0.494 e. The van der Waals surface area contributed by atoms with E-state index in [0.717, 1.165) is 5.75 Å². The van der Waals surface area contributed by atoms with Crippen LogP contribution in [0.15, 0.2) is 42.5 Å². The molecule has 25 heavy (non-hydrogen) atoms. The Kier molecular flexibility index (Phi) is 4.61. The van der Waals surface area contributed by atoms with Crippen LogP contribution in [0, 0.1) is 0 Å². The van der Waals surface area contributed by atoms with Gasteiger partial charge in [0.2, 0.25) is 0 Å². The summed E-state index contributed by atoms with van der Waals surface area (Å²) in [6.07, 6.45) is -0.512. The molecule has 1 N–H and O–H groups in total. The van der Waals surface area contributed by atoms with Crippen molar-refractivity contribution in [3.63, 3.8) is 0 Å². The van der Waals surface area contributed by atoms with Gasteiger partial charge in [0.15, 0.2) is 6.10 Å². The molecule has 0 aromatic heterocycles. The number of ether oxygens (including phenoxy) is 2. The molecule has 1 atom stereocenters. The molecule has 130 valence electrons. The smallest absolute Gasteiger partial charge is 0.267 e. The Labute approximate surface area is 146 Å². The second-order valence-electron chi connectivity index (χ2n) is 5.75. The van der Waals surface area contributed by atoms with Crippen LogP contribution in [0.2, 0.25) is 0 Å². The maximum atomic E-state index is 12.4. The highest BCUT2D eigenvalue weighted by Gasteiger charge is 2.29. The molecule has 1 aliphatic rings. The molecule has 0 aliphatic carbocycles. The molecule has 6 heteroatoms. The van der Waals surface area contributed by atoms with Crippen molar-refractivity contribution in [3.8, 4) is 11.5 Å². The number of benzene rings is 2. The van der Waals surface area contributed by atoms with Gasteiger partial charge in [-0.05, 0) is 56.3 Å². The number of carbonyl (C=O) groups is 2. The van der Waals surface area contributed by atoms with Crippen LogP contribution in [0.3, 0.4) is 0 Å². The minimum atomic E-state index is -0.512. The number of fused-ring (bicyclic) bond motifs is 1. The predicted molar refractivity (Wildman–Crippen MR) is 95.5 cm³/mol. The maximum absolute atomic E-state index is 12.4. The molecule has 0 bridgehead atoms. The first-order valence-corrected chi connectivity index (χ1v) is 8.12. The highest BCUT2D eigenvalue weighted by atomic mass is 16.5. The molecule has 0 saturated heterocycles. The first kappa shape index (κ1) is 16.8. The normalized spacial score (nSPS) is 16.0. The highest BCUT2D eigenvalue weighted by molar-refractivity contribution is 6.05. The Morgan fingerprint density at radius 2 is 1.96 bits per heavy atom. The molecule has 0 fully saturated rings. The summed E-state index contributed by atoms with van der Waals surface area (Å²) in [5.74, 6) is 0.984. The molecule has 2 amide bonds. The van der Waals surface area contributed by atoms with Gasteiger partial charge in [0.25, 0.3) is 11.8 Å². The predicted octanol–water partition coefficient (Wildman–Crippen LogP) is 3.08. The van der Waals surface area contributed by atoms with Gasteiger partial charge in [-0.15, -0.1) is 0 Å². The average Bonchev–Trinajstić information content (AvgIpc) is 2.61. The van der Waals surface area contributed by atoms with Crippen molar-refractivity contribution in [2.75, 3.05) is 23.9 Å². The van der Waals surface area contributed by atoms with Crippen molar-refractivity contribution in [2.45, 2.75) is 20.0 Å². The highest BCUT2D eigenvalue weighted by Crippen LogP contribution is 2.35. The molecule has 0 radical (unpaired) electrons. The fourth-order valence-electron chi connectivity index (χ4n) is 2.66. The van der Waals surface area contributed by atoms with Crippen molar-refractivity contribution in [1.82, 2.24) is 0 Å². The van der Waals surface area contributed by atoms with Crippen molar-refractivity contribution in [2.24, 2.45) is 0 Å². The standard InChI is InChI=1S/C19H20N2O4/c1-4-24-15-8-5-13(6-9-15)18(22)20-14-7-10-17-16(11-14)21(3)19(23)12(2)25-17/h5-12H,4H2,1-3H3,(H,20,22). The van der Waals surface area contributed by atoms with Gasteiger partial charge in [0.1, 0.15) is 11.5 Å². The van der Waals surface area contributed by atoms with E-state index in [1.165, 1.54) is 4.90 Å². The molecule has 6 nitrogen and oxygen atoms in total. The van der Waals surface area contributed by atoms with Crippen molar-refractivity contribution in [3.05, 3.63) is 48.0 Å². The zero-order valence-electron chi connectivity index (χ0n) is 14.4. The number of rotatable bonds is 4. The van der Waals surface area contributed by atoms with E-state index in [1.54, 1.807) is 56.4 Å². The largest absolute Gasteiger partial charge is 0.494 e. The van der Waals surface area contributed by atoms with E-state index in [4.69, 9.17) is 9.47 Å². The number of anilines is 2. The number of nitrogens with zero attached hydrogens (tertiary/aromatic N) is 1. The van der Waals surface area contributed by atoms with Crippen LogP contribution in [0.4, 0.5) is 11.4 Å². The first-order valence-electron chi connectivity index (χ1n) is 8.12. The zero-order valence-corrected chi connectivity index (χ0v) is 14.4. The molecule has 2 aromatic carbocycles. The molecule has 3 rings (SSSR count). The summed E-state index contributed by atoms with van der Waals surface area (Å²) in [6.45, 7) is 4.19. The topological polar surface area (TPSA) is 67.9 Å². The lowest BCUT2D eigenvalue weighted by atomic mass is 10.1. The van der Waals surface area contributed by atoms with Crippen LogP contribution in [0.25, 0.3) is 0 Å². The SMILES string of the molecule is CCOc1ccc(C(=O)Nc2ccc3c(c2)N(C)C(=O)C(C)O3)cc1. The number of likely N-dealkylation sites (N-methyl/N-ethyl adjacent to an activating group) is 1. The number of hydrogen-bond acceptors (Lipinski definition) is 4. The molecular weight excluding hydrogens is 320 g/mol. The quantitative estimate of drug-likeness (QED) is 0.929. The maximum Gasteiger partial charge on any atom is 0.267 e. The van der Waals surface area contributed by atoms with Crippen LogP contribution in [0.1, 0.15) is 24.2 Å². The Morgan fingerprint density at radius 3 is 2.64 bits per heavy atom. The lowest BCUT2D eigenvalue weighted by molar-refractivity contribution is -0.125. The fourth-order valence-corrected chi connectivity index (χ4v) is 2.66. The van der Waals surface area contributed by atoms with Crippen molar-refractivity contribution < 1.29 is 19.1 Å². The molecule has 2 aromatic rings. The van der Waals surface area contributed by atoms with Gasteiger partial charge in [-0.25, -0.2) is 0 Å². The van der Waals surface area contributed by atoms with E-state index in [0.29, 0.717) is 29.3 Å². The van der Waals surface area contributed by atoms with Crippen LogP contribution in [-0.4, -0.2) is 31.6 Å². The van der Waals surface area contributed by atoms with Gasteiger partial charge in [-0.2, -0.15) is 0 Å². The Hall–Kier alpha value is -3.02. The molecular formula is C19H20N2O4. The summed E-state index contributed by atoms with van der Waals surface area (Å²) >= 11 is 0. The van der Waals surface area contributed by atoms with Gasteiger partial charge in [0.05, 0.1) is 12.3 Å². The molecule has 0 saturated carbocycles. The fraction of sp³-hybridized carbons (Fsp3) is 0.263. The van der Waals surface area contributed by atoms with Gasteiger partial charge >= 0.3 is 0 Å². The number of hydrogen-bond donors (Lipinski definition) is 1.